The lowest BCUT2D eigenvalue weighted by Crippen LogP contribution is -2.30. The number of anilines is 1. The number of primary amides is 1. The molecule has 26 heavy (non-hydrogen) atoms. The van der Waals surface area contributed by atoms with Crippen LogP contribution in [0.4, 0.5) is 5.00 Å². The van der Waals surface area contributed by atoms with Crippen LogP contribution in [0.1, 0.15) is 27.8 Å². The Bertz CT molecular complexity index is 1010. The van der Waals surface area contributed by atoms with Crippen molar-refractivity contribution in [1.82, 2.24) is 0 Å². The van der Waals surface area contributed by atoms with Crippen LogP contribution in [0.2, 0.25) is 5.02 Å². The Morgan fingerprint density at radius 3 is 2.77 bits per heavy atom. The minimum Gasteiger partial charge on any atom is -0.449 e. The van der Waals surface area contributed by atoms with Crippen LogP contribution >= 0.6 is 22.9 Å². The third-order valence-corrected chi connectivity index (χ3v) is 4.56. The van der Waals surface area contributed by atoms with E-state index in [0.717, 1.165) is 11.3 Å². The number of hydrogen-bond acceptors (Lipinski definition) is 6. The molecule has 0 aliphatic heterocycles. The second-order valence-electron chi connectivity index (χ2n) is 5.36. The number of esters is 1. The molecule has 7 nitrogen and oxygen atoms in total. The van der Waals surface area contributed by atoms with E-state index in [4.69, 9.17) is 26.5 Å². The van der Waals surface area contributed by atoms with Crippen molar-refractivity contribution in [2.75, 3.05) is 5.32 Å². The Kier molecular flexibility index (Phi) is 4.97. The van der Waals surface area contributed by atoms with Crippen molar-refractivity contribution in [3.05, 3.63) is 52.1 Å². The maximum atomic E-state index is 12.2. The van der Waals surface area contributed by atoms with Crippen LogP contribution in [0.5, 0.6) is 0 Å². The predicted octanol–water partition coefficient (Wildman–Crippen LogP) is 3.43. The summed E-state index contributed by atoms with van der Waals surface area (Å²) in [5.74, 6) is -2.09. The van der Waals surface area contributed by atoms with Crippen LogP contribution in [0, 0.1) is 0 Å². The first-order valence-electron chi connectivity index (χ1n) is 7.43. The maximum Gasteiger partial charge on any atom is 0.375 e. The first kappa shape index (κ1) is 18.0. The van der Waals surface area contributed by atoms with Gasteiger partial charge in [0, 0.05) is 10.4 Å². The summed E-state index contributed by atoms with van der Waals surface area (Å²) in [5, 5.41) is 5.58. The average molecular weight is 393 g/mol. The fourth-order valence-electron chi connectivity index (χ4n) is 2.20. The van der Waals surface area contributed by atoms with Gasteiger partial charge in [-0.1, -0.05) is 11.6 Å². The zero-order valence-corrected chi connectivity index (χ0v) is 15.0. The third kappa shape index (κ3) is 3.71. The van der Waals surface area contributed by atoms with Gasteiger partial charge in [-0.25, -0.2) is 4.79 Å². The molecule has 2 amide bonds. The van der Waals surface area contributed by atoms with Gasteiger partial charge in [0.05, 0.1) is 5.56 Å². The molecule has 0 radical (unpaired) electrons. The van der Waals surface area contributed by atoms with Crippen molar-refractivity contribution in [3.63, 3.8) is 0 Å². The molecule has 2 aromatic heterocycles. The van der Waals surface area contributed by atoms with Gasteiger partial charge in [-0.2, -0.15) is 0 Å². The number of rotatable bonds is 5. The molecule has 3 N–H and O–H groups in total. The Morgan fingerprint density at radius 1 is 1.27 bits per heavy atom. The summed E-state index contributed by atoms with van der Waals surface area (Å²) in [5.41, 5.74) is 5.89. The number of hydrogen-bond donors (Lipinski definition) is 2. The van der Waals surface area contributed by atoms with E-state index in [1.54, 1.807) is 23.6 Å². The van der Waals surface area contributed by atoms with E-state index in [2.05, 4.69) is 5.32 Å². The number of ether oxygens (including phenoxy) is 1. The molecule has 1 aromatic carbocycles. The van der Waals surface area contributed by atoms with E-state index in [-0.39, 0.29) is 11.3 Å². The van der Waals surface area contributed by atoms with Crippen molar-refractivity contribution >= 4 is 56.7 Å². The van der Waals surface area contributed by atoms with Crippen molar-refractivity contribution < 1.29 is 23.5 Å². The van der Waals surface area contributed by atoms with Crippen LogP contribution < -0.4 is 11.1 Å². The summed E-state index contributed by atoms with van der Waals surface area (Å²) in [6.07, 6.45) is -1.11. The number of benzene rings is 1. The molecule has 3 rings (SSSR count). The summed E-state index contributed by atoms with van der Waals surface area (Å²) < 4.78 is 10.5. The minimum absolute atomic E-state index is 0.0455. The van der Waals surface area contributed by atoms with Gasteiger partial charge in [-0.3, -0.25) is 9.59 Å². The number of nitrogens with one attached hydrogen (secondary N) is 1. The Hall–Kier alpha value is -2.84. The summed E-state index contributed by atoms with van der Waals surface area (Å²) >= 11 is 7.03. The molecule has 0 aliphatic rings. The molecule has 0 spiro atoms. The summed E-state index contributed by atoms with van der Waals surface area (Å²) in [7, 11) is 0. The topological polar surface area (TPSA) is 112 Å². The number of thiophene rings is 1. The predicted molar refractivity (Wildman–Crippen MR) is 97.6 cm³/mol. The third-order valence-electron chi connectivity index (χ3n) is 3.50. The molecule has 0 unspecified atom stereocenters. The highest BCUT2D eigenvalue weighted by Crippen LogP contribution is 2.25. The number of furan rings is 1. The number of nitrogens with two attached hydrogens (primary N) is 1. The van der Waals surface area contributed by atoms with Crippen molar-refractivity contribution in [2.24, 2.45) is 5.73 Å². The first-order valence-corrected chi connectivity index (χ1v) is 8.69. The lowest BCUT2D eigenvalue weighted by Gasteiger charge is -2.12. The van der Waals surface area contributed by atoms with Gasteiger partial charge in [0.2, 0.25) is 5.76 Å². The summed E-state index contributed by atoms with van der Waals surface area (Å²) in [4.78, 5) is 35.7. The number of fused-ring (bicyclic) bond motifs is 1. The number of halogens is 1. The molecule has 2 heterocycles. The lowest BCUT2D eigenvalue weighted by molar-refractivity contribution is -0.123. The van der Waals surface area contributed by atoms with Gasteiger partial charge < -0.3 is 20.2 Å². The standard InChI is InChI=1S/C17H13ClN2O5S/c1-8(15(22)20-16-11(14(19)21)4-5-26-16)24-17(23)13-7-9-6-10(18)2-3-12(9)25-13/h2-8H,1H3,(H2,19,21)(H,20,22)/t8-/m0/s1. The van der Waals surface area contributed by atoms with Crippen molar-refractivity contribution in [1.29, 1.82) is 0 Å². The van der Waals surface area contributed by atoms with Crippen LogP contribution in [0.3, 0.4) is 0 Å². The quantitative estimate of drug-likeness (QED) is 0.646. The highest BCUT2D eigenvalue weighted by molar-refractivity contribution is 7.14. The van der Waals surface area contributed by atoms with Crippen molar-refractivity contribution in [3.8, 4) is 0 Å². The van der Waals surface area contributed by atoms with Gasteiger partial charge in [-0.15, -0.1) is 11.3 Å². The Labute approximate surface area is 156 Å². The molecule has 0 aliphatic carbocycles. The zero-order valence-electron chi connectivity index (χ0n) is 13.4. The molecular formula is C17H13ClN2O5S. The molecule has 134 valence electrons. The number of amides is 2. The van der Waals surface area contributed by atoms with Gasteiger partial charge in [-0.05, 0) is 42.6 Å². The monoisotopic (exact) mass is 392 g/mol. The summed E-state index contributed by atoms with van der Waals surface area (Å²) in [6, 6.07) is 7.90. The molecule has 9 heteroatoms. The Morgan fingerprint density at radius 2 is 2.04 bits per heavy atom. The normalized spacial score (nSPS) is 11.9. The van der Waals surface area contributed by atoms with E-state index in [9.17, 15) is 14.4 Å². The smallest absolute Gasteiger partial charge is 0.375 e. The van der Waals surface area contributed by atoms with Crippen molar-refractivity contribution in [2.45, 2.75) is 13.0 Å². The minimum atomic E-state index is -1.11. The fraction of sp³-hybridized carbons (Fsp3) is 0.118. The first-order chi connectivity index (χ1) is 12.3. The number of carbonyl (C=O) groups excluding carboxylic acids is 3. The van der Waals surface area contributed by atoms with E-state index < -0.39 is 23.9 Å². The fourth-order valence-corrected chi connectivity index (χ4v) is 3.18. The molecule has 3 aromatic rings. The molecule has 1 atom stereocenters. The van der Waals surface area contributed by atoms with E-state index >= 15 is 0 Å². The van der Waals surface area contributed by atoms with Crippen LogP contribution in [-0.4, -0.2) is 23.9 Å². The van der Waals surface area contributed by atoms with Gasteiger partial charge >= 0.3 is 5.97 Å². The molecule has 0 bridgehead atoms. The average Bonchev–Trinajstić information content (AvgIpc) is 3.20. The van der Waals surface area contributed by atoms with E-state index in [1.807, 2.05) is 0 Å². The molecule has 0 saturated carbocycles. The van der Waals surface area contributed by atoms with Crippen LogP contribution in [0.25, 0.3) is 11.0 Å². The highest BCUT2D eigenvalue weighted by atomic mass is 35.5. The highest BCUT2D eigenvalue weighted by Gasteiger charge is 2.23. The van der Waals surface area contributed by atoms with E-state index in [0.29, 0.717) is 21.0 Å². The molecular weight excluding hydrogens is 380 g/mol. The zero-order chi connectivity index (χ0) is 18.8. The molecule has 0 fully saturated rings. The number of carbonyl (C=O) groups is 3. The second kappa shape index (κ2) is 7.19. The SMILES string of the molecule is C[C@H](OC(=O)c1cc2cc(Cl)ccc2o1)C(=O)Nc1sccc1C(N)=O. The van der Waals surface area contributed by atoms with Crippen LogP contribution in [0.15, 0.2) is 40.1 Å². The van der Waals surface area contributed by atoms with Crippen LogP contribution in [-0.2, 0) is 9.53 Å². The van der Waals surface area contributed by atoms with Gasteiger partial charge in [0.15, 0.2) is 6.10 Å². The summed E-state index contributed by atoms with van der Waals surface area (Å²) in [6.45, 7) is 1.41. The largest absolute Gasteiger partial charge is 0.449 e. The molecule has 0 saturated heterocycles. The van der Waals surface area contributed by atoms with Gasteiger partial charge in [0.25, 0.3) is 11.8 Å². The Balaban J connectivity index is 1.68. The second-order valence-corrected chi connectivity index (χ2v) is 6.71. The van der Waals surface area contributed by atoms with E-state index in [1.165, 1.54) is 19.1 Å². The lowest BCUT2D eigenvalue weighted by atomic mass is 10.2. The maximum absolute atomic E-state index is 12.2. The van der Waals surface area contributed by atoms with Gasteiger partial charge in [0.1, 0.15) is 10.6 Å².